The molecule has 1 aliphatic heterocycles. The van der Waals surface area contributed by atoms with Crippen molar-refractivity contribution in [1.29, 1.82) is 0 Å². The summed E-state index contributed by atoms with van der Waals surface area (Å²) in [5.41, 5.74) is 4.39. The van der Waals surface area contributed by atoms with E-state index in [1.807, 2.05) is 13.8 Å². The summed E-state index contributed by atoms with van der Waals surface area (Å²) in [7, 11) is 0. The second kappa shape index (κ2) is 9.64. The zero-order valence-corrected chi connectivity index (χ0v) is 16.7. The van der Waals surface area contributed by atoms with Gasteiger partial charge in [0.15, 0.2) is 6.04 Å². The first-order valence-corrected chi connectivity index (χ1v) is 9.67. The Hall–Kier alpha value is -2.48. The molecule has 0 radical (unpaired) electrons. The third-order valence-electron chi connectivity index (χ3n) is 5.16. The number of nitrogens with zero attached hydrogens (tertiary/aromatic N) is 1. The van der Waals surface area contributed by atoms with E-state index in [-0.39, 0.29) is 41.4 Å². The third-order valence-corrected chi connectivity index (χ3v) is 5.16. The molecule has 2 rings (SSSR count). The van der Waals surface area contributed by atoms with Gasteiger partial charge in [0.2, 0.25) is 11.8 Å². The summed E-state index contributed by atoms with van der Waals surface area (Å²) in [6.07, 6.45) is 1.13. The van der Waals surface area contributed by atoms with Crippen molar-refractivity contribution in [3.8, 4) is 0 Å². The van der Waals surface area contributed by atoms with E-state index in [4.69, 9.17) is 0 Å². The molecule has 154 valence electrons. The lowest BCUT2D eigenvalue weighted by atomic mass is 9.94. The fraction of sp³-hybridized carbons (Fsp3) is 0.550. The molecule has 0 saturated carbocycles. The first kappa shape index (κ1) is 21.8. The average Bonchev–Trinajstić information content (AvgIpc) is 2.68. The molecule has 1 saturated heterocycles. The molecule has 1 heterocycles. The lowest BCUT2D eigenvalue weighted by Gasteiger charge is -2.33. The van der Waals surface area contributed by atoms with Gasteiger partial charge in [-0.05, 0) is 44.0 Å². The quantitative estimate of drug-likeness (QED) is 0.665. The molecule has 3 amide bonds. The molecule has 1 aromatic carbocycles. The maximum atomic E-state index is 12.9. The van der Waals surface area contributed by atoms with Crippen LogP contribution in [0.15, 0.2) is 24.3 Å². The van der Waals surface area contributed by atoms with Crippen molar-refractivity contribution in [2.75, 3.05) is 18.4 Å². The molecule has 0 aromatic heterocycles. The molecule has 2 atom stereocenters. The number of quaternary nitrogens is 1. The molecular weight excluding hydrogens is 363 g/mol. The summed E-state index contributed by atoms with van der Waals surface area (Å²) < 4.78 is 12.9. The van der Waals surface area contributed by atoms with Gasteiger partial charge in [0, 0.05) is 30.6 Å². The smallest absolute Gasteiger partial charge is 0.280 e. The van der Waals surface area contributed by atoms with Gasteiger partial charge in [-0.25, -0.2) is 4.39 Å². The first-order chi connectivity index (χ1) is 13.2. The lowest BCUT2D eigenvalue weighted by molar-refractivity contribution is -0.416. The first-order valence-electron chi connectivity index (χ1n) is 9.67. The van der Waals surface area contributed by atoms with E-state index >= 15 is 0 Å². The van der Waals surface area contributed by atoms with Crippen molar-refractivity contribution in [2.24, 2.45) is 11.8 Å². The van der Waals surface area contributed by atoms with Crippen LogP contribution < -0.4 is 16.4 Å². The minimum atomic E-state index is -0.720. The van der Waals surface area contributed by atoms with Crippen LogP contribution in [0.25, 0.3) is 0 Å². The third kappa shape index (κ3) is 5.76. The summed E-state index contributed by atoms with van der Waals surface area (Å²) in [4.78, 5) is 38.8. The Morgan fingerprint density at radius 2 is 1.68 bits per heavy atom. The average molecular weight is 393 g/mol. The van der Waals surface area contributed by atoms with Gasteiger partial charge < -0.3 is 21.3 Å². The van der Waals surface area contributed by atoms with Gasteiger partial charge in [0.1, 0.15) is 11.9 Å². The number of anilines is 1. The molecule has 0 aliphatic carbocycles. The Labute approximate surface area is 164 Å². The number of carbonyl (C=O) groups is 3. The van der Waals surface area contributed by atoms with Gasteiger partial charge in [-0.3, -0.25) is 14.4 Å². The van der Waals surface area contributed by atoms with Gasteiger partial charge in [0.05, 0.1) is 0 Å². The maximum Gasteiger partial charge on any atom is 0.280 e. The highest BCUT2D eigenvalue weighted by molar-refractivity contribution is 5.97. The van der Waals surface area contributed by atoms with Crippen molar-refractivity contribution in [3.63, 3.8) is 0 Å². The monoisotopic (exact) mass is 393 g/mol. The normalized spacial score (nSPS) is 17.1. The molecule has 1 fully saturated rings. The SMILES string of the molecule is CC(C)[C@H]([NH3+])C(=O)N1CCC(C(=O)N[C@@H](C)C(=O)Nc2ccc(F)cc2)CC1. The standard InChI is InChI=1S/C20H29FN4O3/c1-12(2)17(22)20(28)25-10-8-14(9-11-25)19(27)23-13(3)18(26)24-16-6-4-15(21)5-7-16/h4-7,12-14,17H,8-11,22H2,1-3H3,(H,23,27)(H,24,26)/p+1/t13-,17-/m0/s1. The number of rotatable bonds is 6. The zero-order valence-electron chi connectivity index (χ0n) is 16.7. The Morgan fingerprint density at radius 1 is 1.11 bits per heavy atom. The van der Waals surface area contributed by atoms with Crippen LogP contribution in [0.5, 0.6) is 0 Å². The number of carbonyl (C=O) groups excluding carboxylic acids is 3. The molecule has 7 nitrogen and oxygen atoms in total. The van der Waals surface area contributed by atoms with E-state index in [1.165, 1.54) is 24.3 Å². The minimum Gasteiger partial charge on any atom is -0.347 e. The number of halogens is 1. The number of benzene rings is 1. The minimum absolute atomic E-state index is 0.0286. The molecule has 1 aliphatic rings. The Balaban J connectivity index is 1.80. The van der Waals surface area contributed by atoms with E-state index in [1.54, 1.807) is 11.8 Å². The van der Waals surface area contributed by atoms with Gasteiger partial charge in [-0.2, -0.15) is 0 Å². The summed E-state index contributed by atoms with van der Waals surface area (Å²) in [5, 5.41) is 5.37. The number of hydrogen-bond donors (Lipinski definition) is 3. The molecule has 0 unspecified atom stereocenters. The number of nitrogens with one attached hydrogen (secondary N) is 2. The van der Waals surface area contributed by atoms with Crippen molar-refractivity contribution >= 4 is 23.4 Å². The highest BCUT2D eigenvalue weighted by Gasteiger charge is 2.32. The fourth-order valence-electron chi connectivity index (χ4n) is 3.06. The molecular formula is C20H30FN4O3+. The van der Waals surface area contributed by atoms with E-state index < -0.39 is 6.04 Å². The summed E-state index contributed by atoms with van der Waals surface area (Å²) in [5.74, 6) is -0.974. The van der Waals surface area contributed by atoms with Crippen LogP contribution in [-0.4, -0.2) is 47.8 Å². The summed E-state index contributed by atoms with van der Waals surface area (Å²) >= 11 is 0. The predicted molar refractivity (Wildman–Crippen MR) is 103 cm³/mol. The van der Waals surface area contributed by atoms with Crippen molar-refractivity contribution in [3.05, 3.63) is 30.1 Å². The van der Waals surface area contributed by atoms with Crippen LogP contribution in [0, 0.1) is 17.7 Å². The van der Waals surface area contributed by atoms with E-state index in [0.717, 1.165) is 0 Å². The number of hydrogen-bond acceptors (Lipinski definition) is 3. The van der Waals surface area contributed by atoms with Crippen LogP contribution in [0.2, 0.25) is 0 Å². The van der Waals surface area contributed by atoms with Crippen molar-refractivity contribution in [1.82, 2.24) is 10.2 Å². The summed E-state index contributed by atoms with van der Waals surface area (Å²) in [6.45, 7) is 6.57. The highest BCUT2D eigenvalue weighted by atomic mass is 19.1. The molecule has 8 heteroatoms. The second-order valence-corrected chi connectivity index (χ2v) is 7.68. The van der Waals surface area contributed by atoms with E-state index in [2.05, 4.69) is 16.4 Å². The lowest BCUT2D eigenvalue weighted by Crippen LogP contribution is -2.70. The highest BCUT2D eigenvalue weighted by Crippen LogP contribution is 2.19. The molecule has 0 spiro atoms. The van der Waals surface area contributed by atoms with Crippen LogP contribution in [-0.2, 0) is 14.4 Å². The van der Waals surface area contributed by atoms with Gasteiger partial charge in [0.25, 0.3) is 5.91 Å². The Bertz CT molecular complexity index is 700. The van der Waals surface area contributed by atoms with Gasteiger partial charge >= 0.3 is 0 Å². The molecule has 1 aromatic rings. The molecule has 28 heavy (non-hydrogen) atoms. The zero-order chi connectivity index (χ0) is 20.8. The molecule has 5 N–H and O–H groups in total. The topological polar surface area (TPSA) is 106 Å². The van der Waals surface area contributed by atoms with Crippen LogP contribution >= 0.6 is 0 Å². The van der Waals surface area contributed by atoms with E-state index in [9.17, 15) is 18.8 Å². The maximum absolute atomic E-state index is 12.9. The van der Waals surface area contributed by atoms with Gasteiger partial charge in [-0.15, -0.1) is 0 Å². The van der Waals surface area contributed by atoms with Crippen molar-refractivity contribution < 1.29 is 24.5 Å². The Morgan fingerprint density at radius 3 is 2.21 bits per heavy atom. The number of amides is 3. The second-order valence-electron chi connectivity index (χ2n) is 7.68. The van der Waals surface area contributed by atoms with Crippen molar-refractivity contribution in [2.45, 2.75) is 45.7 Å². The fourth-order valence-corrected chi connectivity index (χ4v) is 3.06. The summed E-state index contributed by atoms with van der Waals surface area (Å²) in [6, 6.07) is 4.43. The predicted octanol–water partition coefficient (Wildman–Crippen LogP) is 0.774. The van der Waals surface area contributed by atoms with Crippen LogP contribution in [0.3, 0.4) is 0 Å². The Kier molecular flexibility index (Phi) is 7.51. The van der Waals surface area contributed by atoms with Crippen LogP contribution in [0.1, 0.15) is 33.6 Å². The van der Waals surface area contributed by atoms with E-state index in [0.29, 0.717) is 31.6 Å². The van der Waals surface area contributed by atoms with Gasteiger partial charge in [-0.1, -0.05) is 13.8 Å². The largest absolute Gasteiger partial charge is 0.347 e. The number of likely N-dealkylation sites (tertiary alicyclic amines) is 1. The van der Waals surface area contributed by atoms with Crippen LogP contribution in [0.4, 0.5) is 10.1 Å². The molecule has 0 bridgehead atoms. The number of piperidine rings is 1.